The number of nitrogens with one attached hydrogen (secondary N) is 1. The van der Waals surface area contributed by atoms with Crippen LogP contribution in [-0.4, -0.2) is 20.6 Å². The lowest BCUT2D eigenvalue weighted by atomic mass is 10.4. The van der Waals surface area contributed by atoms with Crippen LogP contribution in [0.15, 0.2) is 18.7 Å². The molecular formula is C9H10N4OS. The molecule has 2 aromatic heterocycles. The van der Waals surface area contributed by atoms with E-state index in [0.29, 0.717) is 5.13 Å². The van der Waals surface area contributed by atoms with Crippen molar-refractivity contribution in [3.63, 3.8) is 0 Å². The van der Waals surface area contributed by atoms with Gasteiger partial charge in [-0.15, -0.1) is 11.3 Å². The summed E-state index contributed by atoms with van der Waals surface area (Å²) in [4.78, 5) is 20.7. The summed E-state index contributed by atoms with van der Waals surface area (Å²) in [5.41, 5.74) is 0.945. The smallest absolute Gasteiger partial charge is 0.283 e. The summed E-state index contributed by atoms with van der Waals surface area (Å²) < 4.78 is 1.37. The first-order chi connectivity index (χ1) is 7.16. The predicted molar refractivity (Wildman–Crippen MR) is 58.2 cm³/mol. The third-order valence-corrected chi connectivity index (χ3v) is 2.97. The molecule has 5 nitrogen and oxygen atoms in total. The average molecular weight is 222 g/mol. The first-order valence-corrected chi connectivity index (χ1v) is 5.22. The Kier molecular flexibility index (Phi) is 2.51. The van der Waals surface area contributed by atoms with Crippen molar-refractivity contribution in [3.8, 4) is 0 Å². The number of anilines is 1. The topological polar surface area (TPSA) is 59.8 Å². The number of aryl methyl sites for hydroxylation is 2. The lowest BCUT2D eigenvalue weighted by Gasteiger charge is -1.99. The number of nitrogens with zero attached hydrogens (tertiary/aromatic N) is 3. The van der Waals surface area contributed by atoms with Gasteiger partial charge in [0.05, 0.1) is 5.69 Å². The van der Waals surface area contributed by atoms with E-state index in [1.54, 1.807) is 12.4 Å². The summed E-state index contributed by atoms with van der Waals surface area (Å²) in [5.74, 6) is 0. The summed E-state index contributed by atoms with van der Waals surface area (Å²) in [7, 11) is 0. The van der Waals surface area contributed by atoms with Crippen molar-refractivity contribution in [2.75, 3.05) is 5.32 Å². The number of aromatic nitrogens is 3. The van der Waals surface area contributed by atoms with Crippen molar-refractivity contribution in [1.29, 1.82) is 0 Å². The highest BCUT2D eigenvalue weighted by Gasteiger charge is 2.08. The molecule has 2 aromatic rings. The quantitative estimate of drug-likeness (QED) is 0.803. The van der Waals surface area contributed by atoms with Gasteiger partial charge >= 0.3 is 6.03 Å². The molecule has 0 fully saturated rings. The monoisotopic (exact) mass is 222 g/mol. The Hall–Kier alpha value is -1.69. The third kappa shape index (κ3) is 2.04. The molecule has 0 atom stereocenters. The molecule has 0 radical (unpaired) electrons. The Morgan fingerprint density at radius 2 is 2.33 bits per heavy atom. The van der Waals surface area contributed by atoms with E-state index in [0.717, 1.165) is 10.6 Å². The molecule has 0 aliphatic rings. The van der Waals surface area contributed by atoms with Crippen molar-refractivity contribution >= 4 is 22.5 Å². The SMILES string of the molecule is Cc1nc(NC(=O)n2ccnc2)sc1C. The van der Waals surface area contributed by atoms with E-state index in [-0.39, 0.29) is 6.03 Å². The van der Waals surface area contributed by atoms with Gasteiger partial charge in [-0.2, -0.15) is 0 Å². The molecule has 15 heavy (non-hydrogen) atoms. The molecule has 0 bridgehead atoms. The van der Waals surface area contributed by atoms with Gasteiger partial charge in [0.2, 0.25) is 0 Å². The molecule has 2 rings (SSSR count). The van der Waals surface area contributed by atoms with Gasteiger partial charge in [-0.3, -0.25) is 9.88 Å². The van der Waals surface area contributed by atoms with E-state index in [4.69, 9.17) is 0 Å². The van der Waals surface area contributed by atoms with E-state index in [1.165, 1.54) is 22.2 Å². The van der Waals surface area contributed by atoms with Crippen LogP contribution in [0.1, 0.15) is 10.6 Å². The van der Waals surface area contributed by atoms with Crippen molar-refractivity contribution in [3.05, 3.63) is 29.3 Å². The minimum atomic E-state index is -0.249. The van der Waals surface area contributed by atoms with Crippen molar-refractivity contribution in [2.24, 2.45) is 0 Å². The lowest BCUT2D eigenvalue weighted by Crippen LogP contribution is -2.17. The second kappa shape index (κ2) is 3.82. The second-order valence-corrected chi connectivity index (χ2v) is 4.26. The molecule has 0 unspecified atom stereocenters. The van der Waals surface area contributed by atoms with E-state index < -0.39 is 0 Å². The Morgan fingerprint density at radius 1 is 1.53 bits per heavy atom. The third-order valence-electron chi connectivity index (χ3n) is 1.98. The minimum Gasteiger partial charge on any atom is -0.283 e. The molecule has 0 saturated heterocycles. The Bertz CT molecular complexity index is 455. The first kappa shape index (κ1) is 9.85. The van der Waals surface area contributed by atoms with Crippen molar-refractivity contribution in [2.45, 2.75) is 13.8 Å². The number of carbonyl (C=O) groups excluding carboxylic acids is 1. The first-order valence-electron chi connectivity index (χ1n) is 4.40. The zero-order chi connectivity index (χ0) is 10.8. The largest absolute Gasteiger partial charge is 0.333 e. The van der Waals surface area contributed by atoms with Crippen molar-refractivity contribution in [1.82, 2.24) is 14.5 Å². The molecule has 2 heterocycles. The molecule has 6 heteroatoms. The number of hydrogen-bond donors (Lipinski definition) is 1. The fourth-order valence-electron chi connectivity index (χ4n) is 1.06. The van der Waals surface area contributed by atoms with E-state index >= 15 is 0 Å². The van der Waals surface area contributed by atoms with Gasteiger partial charge in [0.25, 0.3) is 0 Å². The average Bonchev–Trinajstić information content (AvgIpc) is 2.77. The zero-order valence-electron chi connectivity index (χ0n) is 8.39. The van der Waals surface area contributed by atoms with E-state index in [9.17, 15) is 4.79 Å². The van der Waals surface area contributed by atoms with Crippen LogP contribution in [0.4, 0.5) is 9.93 Å². The highest BCUT2D eigenvalue weighted by atomic mass is 32.1. The normalized spacial score (nSPS) is 10.3. The molecule has 0 aromatic carbocycles. The number of carbonyl (C=O) groups is 1. The highest BCUT2D eigenvalue weighted by Crippen LogP contribution is 2.20. The Labute approximate surface area is 90.8 Å². The van der Waals surface area contributed by atoms with E-state index in [2.05, 4.69) is 15.3 Å². The predicted octanol–water partition coefficient (Wildman–Crippen LogP) is 2.04. The summed E-state index contributed by atoms with van der Waals surface area (Å²) >= 11 is 1.46. The van der Waals surface area contributed by atoms with Crippen molar-refractivity contribution < 1.29 is 4.79 Å². The zero-order valence-corrected chi connectivity index (χ0v) is 9.21. The molecule has 1 amide bonds. The molecule has 78 valence electrons. The number of thiazole rings is 1. The molecule has 1 N–H and O–H groups in total. The van der Waals surface area contributed by atoms with Crippen LogP contribution in [0.5, 0.6) is 0 Å². The maximum absolute atomic E-state index is 11.6. The van der Waals surface area contributed by atoms with Gasteiger partial charge in [-0.25, -0.2) is 14.8 Å². The van der Waals surface area contributed by atoms with Crippen LogP contribution in [-0.2, 0) is 0 Å². The van der Waals surface area contributed by atoms with E-state index in [1.807, 2.05) is 13.8 Å². The molecular weight excluding hydrogens is 212 g/mol. The summed E-state index contributed by atoms with van der Waals surface area (Å²) in [6, 6.07) is -0.249. The fourth-order valence-corrected chi connectivity index (χ4v) is 1.87. The van der Waals surface area contributed by atoms with Crippen LogP contribution < -0.4 is 5.32 Å². The molecule has 0 aliphatic carbocycles. The van der Waals surface area contributed by atoms with Crippen LogP contribution >= 0.6 is 11.3 Å². The summed E-state index contributed by atoms with van der Waals surface area (Å²) in [6.07, 6.45) is 4.59. The molecule has 0 spiro atoms. The van der Waals surface area contributed by atoms with Gasteiger partial charge in [-0.05, 0) is 13.8 Å². The van der Waals surface area contributed by atoms with Gasteiger partial charge in [-0.1, -0.05) is 0 Å². The minimum absolute atomic E-state index is 0.249. The Morgan fingerprint density at radius 3 is 2.87 bits per heavy atom. The lowest BCUT2D eigenvalue weighted by molar-refractivity contribution is 0.253. The standard InChI is InChI=1S/C9H10N4OS/c1-6-7(2)15-8(11-6)12-9(14)13-4-3-10-5-13/h3-5H,1-2H3,(H,11,12,14). The van der Waals surface area contributed by atoms with Crippen LogP contribution in [0.3, 0.4) is 0 Å². The molecule has 0 aliphatic heterocycles. The van der Waals surface area contributed by atoms with Gasteiger partial charge < -0.3 is 0 Å². The second-order valence-electron chi connectivity index (χ2n) is 3.06. The number of hydrogen-bond acceptors (Lipinski definition) is 4. The van der Waals surface area contributed by atoms with Gasteiger partial charge in [0.15, 0.2) is 5.13 Å². The summed E-state index contributed by atoms with van der Waals surface area (Å²) in [5, 5.41) is 3.31. The van der Waals surface area contributed by atoms with Gasteiger partial charge in [0, 0.05) is 17.3 Å². The number of imidazole rings is 1. The van der Waals surface area contributed by atoms with Crippen LogP contribution in [0.25, 0.3) is 0 Å². The summed E-state index contributed by atoms with van der Waals surface area (Å²) in [6.45, 7) is 3.89. The van der Waals surface area contributed by atoms with Crippen LogP contribution in [0.2, 0.25) is 0 Å². The fraction of sp³-hybridized carbons (Fsp3) is 0.222. The van der Waals surface area contributed by atoms with Gasteiger partial charge in [0.1, 0.15) is 6.33 Å². The maximum Gasteiger partial charge on any atom is 0.333 e. The van der Waals surface area contributed by atoms with Crippen LogP contribution in [0, 0.1) is 13.8 Å². The Balaban J connectivity index is 2.13. The molecule has 0 saturated carbocycles. The number of rotatable bonds is 1. The highest BCUT2D eigenvalue weighted by molar-refractivity contribution is 7.15. The maximum atomic E-state index is 11.6. The number of amides is 1.